The summed E-state index contributed by atoms with van der Waals surface area (Å²) in [6.45, 7) is 14.4. The van der Waals surface area contributed by atoms with Crippen LogP contribution in [0.3, 0.4) is 0 Å². The number of amides is 1. The number of fused-ring (bicyclic) bond motifs is 4. The van der Waals surface area contributed by atoms with Gasteiger partial charge in [-0.05, 0) is 119 Å². The molecule has 0 saturated heterocycles. The highest BCUT2D eigenvalue weighted by atomic mass is 32.2. The summed E-state index contributed by atoms with van der Waals surface area (Å²) >= 11 is 0. The molecule has 1 atom stereocenters. The Labute approximate surface area is 268 Å². The molecule has 2 aliphatic rings. The second-order valence-electron chi connectivity index (χ2n) is 14.8. The van der Waals surface area contributed by atoms with Crippen molar-refractivity contribution < 1.29 is 18.3 Å². The first-order valence-corrected chi connectivity index (χ1v) is 17.6. The van der Waals surface area contributed by atoms with E-state index in [2.05, 4.69) is 30.4 Å². The molecule has 0 radical (unpaired) electrons. The zero-order valence-electron chi connectivity index (χ0n) is 27.7. The van der Waals surface area contributed by atoms with Crippen molar-refractivity contribution in [3.05, 3.63) is 70.9 Å². The summed E-state index contributed by atoms with van der Waals surface area (Å²) in [7, 11) is -4.08. The standard InChI is InChI=1S/C36H48N4O4S/c1-23-10-8-11-24(2)32(23)31-21-27-16-19-29(22-35(3,4)5)40(28-17-14-26(15-18-28)36(6,7)42)33(41)25-12-9-13-30(20-25)45(43,44)39-34(37-27)38-31/h8-13,20-21,26,28-29,42H,14-19,22H2,1-7H3,(H,37,38,39)/t26-,28-,29-/m0/s1. The number of carbonyl (C=O) groups excluding carboxylic acids is 1. The number of carbonyl (C=O) groups is 1. The van der Waals surface area contributed by atoms with Crippen LogP contribution in [0.2, 0.25) is 0 Å². The molecule has 5 rings (SSSR count). The summed E-state index contributed by atoms with van der Waals surface area (Å²) in [4.78, 5) is 26.0. The molecule has 1 fully saturated rings. The maximum absolute atomic E-state index is 14.5. The SMILES string of the molecule is Cc1cccc(C)c1-c1cc2nc(n1)NS(=O)(=O)c1cccc(c1)C(=O)N([C@H]1CC[C@H](C(C)(C)O)CC1)[C@H](CC(C)(C)C)CC2. The van der Waals surface area contributed by atoms with E-state index in [1.54, 1.807) is 12.1 Å². The molecule has 45 heavy (non-hydrogen) atoms. The molecule has 8 nitrogen and oxygen atoms in total. The molecule has 242 valence electrons. The Morgan fingerprint density at radius 3 is 2.18 bits per heavy atom. The van der Waals surface area contributed by atoms with Gasteiger partial charge >= 0.3 is 0 Å². The number of hydrogen-bond donors (Lipinski definition) is 2. The summed E-state index contributed by atoms with van der Waals surface area (Å²) in [5.74, 6) is 0.0414. The molecule has 4 bridgehead atoms. The summed E-state index contributed by atoms with van der Waals surface area (Å²) in [5.41, 5.74) is 3.96. The van der Waals surface area contributed by atoms with E-state index in [0.29, 0.717) is 24.1 Å². The molecule has 1 amide bonds. The van der Waals surface area contributed by atoms with Gasteiger partial charge in [0, 0.05) is 28.9 Å². The zero-order chi connectivity index (χ0) is 32.7. The Balaban J connectivity index is 1.64. The Bertz CT molecular complexity index is 1640. The summed E-state index contributed by atoms with van der Waals surface area (Å²) in [5, 5.41) is 10.7. The third-order valence-corrected chi connectivity index (χ3v) is 10.8. The van der Waals surface area contributed by atoms with Gasteiger partial charge in [-0.1, -0.05) is 45.0 Å². The smallest absolute Gasteiger partial charge is 0.264 e. The predicted octanol–water partition coefficient (Wildman–Crippen LogP) is 7.08. The lowest BCUT2D eigenvalue weighted by Crippen LogP contribution is -2.51. The minimum atomic E-state index is -4.08. The first kappa shape index (κ1) is 33.1. The van der Waals surface area contributed by atoms with Crippen LogP contribution in [0.15, 0.2) is 53.4 Å². The average molecular weight is 633 g/mol. The van der Waals surface area contributed by atoms with E-state index in [-0.39, 0.29) is 40.2 Å². The minimum Gasteiger partial charge on any atom is -0.390 e. The number of anilines is 1. The fraction of sp³-hybridized carbons (Fsp3) is 0.528. The van der Waals surface area contributed by atoms with Gasteiger partial charge in [-0.2, -0.15) is 0 Å². The van der Waals surface area contributed by atoms with Crippen LogP contribution in [0.25, 0.3) is 11.3 Å². The highest BCUT2D eigenvalue weighted by Gasteiger charge is 2.39. The second kappa shape index (κ2) is 12.5. The normalized spacial score (nSPS) is 22.5. The number of aliphatic hydroxyl groups is 1. The topological polar surface area (TPSA) is 112 Å². The number of aromatic nitrogens is 2. The molecule has 3 aromatic rings. The Morgan fingerprint density at radius 2 is 1.56 bits per heavy atom. The molecule has 0 unspecified atom stereocenters. The number of aryl methyl sites for hydroxylation is 3. The van der Waals surface area contributed by atoms with E-state index < -0.39 is 15.6 Å². The van der Waals surface area contributed by atoms with Crippen LogP contribution in [-0.4, -0.2) is 52.0 Å². The van der Waals surface area contributed by atoms with Gasteiger partial charge in [-0.25, -0.2) is 23.1 Å². The maximum atomic E-state index is 14.5. The second-order valence-corrected chi connectivity index (χ2v) is 16.5. The molecule has 1 saturated carbocycles. The number of hydrogen-bond acceptors (Lipinski definition) is 6. The van der Waals surface area contributed by atoms with E-state index in [4.69, 9.17) is 9.97 Å². The van der Waals surface area contributed by atoms with Gasteiger partial charge in [0.15, 0.2) is 0 Å². The predicted molar refractivity (Wildman–Crippen MR) is 179 cm³/mol. The number of sulfonamides is 1. The van der Waals surface area contributed by atoms with Crippen LogP contribution in [0.5, 0.6) is 0 Å². The number of rotatable bonds is 4. The number of nitrogens with one attached hydrogen (secondary N) is 1. The number of benzene rings is 2. The first-order chi connectivity index (χ1) is 21.0. The molecule has 9 heteroatoms. The van der Waals surface area contributed by atoms with Crippen molar-refractivity contribution in [2.45, 2.75) is 116 Å². The third-order valence-electron chi connectivity index (χ3n) is 9.43. The van der Waals surface area contributed by atoms with E-state index in [0.717, 1.165) is 54.5 Å². The van der Waals surface area contributed by atoms with Crippen molar-refractivity contribution in [2.75, 3.05) is 4.72 Å². The van der Waals surface area contributed by atoms with Gasteiger partial charge in [-0.3, -0.25) is 4.79 Å². The fourth-order valence-electron chi connectivity index (χ4n) is 7.19. The molecule has 2 heterocycles. The van der Waals surface area contributed by atoms with Gasteiger partial charge in [0.2, 0.25) is 5.95 Å². The molecule has 1 aliphatic heterocycles. The van der Waals surface area contributed by atoms with E-state index >= 15 is 0 Å². The van der Waals surface area contributed by atoms with E-state index in [1.165, 1.54) is 12.1 Å². The summed E-state index contributed by atoms with van der Waals surface area (Å²) in [6.07, 6.45) is 5.23. The quantitative estimate of drug-likeness (QED) is 0.318. The molecule has 0 spiro atoms. The lowest BCUT2D eigenvalue weighted by atomic mass is 9.76. The van der Waals surface area contributed by atoms with Crippen LogP contribution >= 0.6 is 0 Å². The van der Waals surface area contributed by atoms with Gasteiger partial charge < -0.3 is 10.0 Å². The zero-order valence-corrected chi connectivity index (χ0v) is 28.5. The van der Waals surface area contributed by atoms with Crippen molar-refractivity contribution in [1.82, 2.24) is 14.9 Å². The Hall–Kier alpha value is -3.30. The Kier molecular flexibility index (Phi) is 9.17. The lowest BCUT2D eigenvalue weighted by molar-refractivity contribution is -0.0163. The van der Waals surface area contributed by atoms with Crippen LogP contribution in [0.4, 0.5) is 5.95 Å². The van der Waals surface area contributed by atoms with Gasteiger partial charge in [-0.15, -0.1) is 0 Å². The summed E-state index contributed by atoms with van der Waals surface area (Å²) in [6, 6.07) is 14.2. The van der Waals surface area contributed by atoms with Gasteiger partial charge in [0.05, 0.1) is 16.2 Å². The first-order valence-electron chi connectivity index (χ1n) is 16.1. The van der Waals surface area contributed by atoms with Crippen molar-refractivity contribution >= 4 is 21.9 Å². The van der Waals surface area contributed by atoms with E-state index in [1.807, 2.05) is 52.0 Å². The van der Waals surface area contributed by atoms with Crippen molar-refractivity contribution in [3.63, 3.8) is 0 Å². The fourth-order valence-corrected chi connectivity index (χ4v) is 8.18. The number of nitrogens with zero attached hydrogens (tertiary/aromatic N) is 3. The summed E-state index contributed by atoms with van der Waals surface area (Å²) < 4.78 is 30.0. The molecular weight excluding hydrogens is 584 g/mol. The largest absolute Gasteiger partial charge is 0.390 e. The lowest BCUT2D eigenvalue weighted by Gasteiger charge is -2.45. The van der Waals surface area contributed by atoms with Gasteiger partial charge in [0.1, 0.15) is 0 Å². The van der Waals surface area contributed by atoms with Crippen LogP contribution < -0.4 is 4.72 Å². The maximum Gasteiger partial charge on any atom is 0.264 e. The van der Waals surface area contributed by atoms with E-state index in [9.17, 15) is 18.3 Å². The molecule has 2 N–H and O–H groups in total. The highest BCUT2D eigenvalue weighted by molar-refractivity contribution is 7.92. The van der Waals surface area contributed by atoms with Crippen molar-refractivity contribution in [2.24, 2.45) is 11.3 Å². The van der Waals surface area contributed by atoms with Crippen molar-refractivity contribution in [3.8, 4) is 11.3 Å². The van der Waals surface area contributed by atoms with Crippen LogP contribution in [0.1, 0.15) is 100 Å². The van der Waals surface area contributed by atoms with Crippen LogP contribution in [0, 0.1) is 25.2 Å². The molecule has 1 aliphatic carbocycles. The van der Waals surface area contributed by atoms with Crippen molar-refractivity contribution in [1.29, 1.82) is 0 Å². The monoisotopic (exact) mass is 632 g/mol. The molecular formula is C36H48N4O4S. The molecule has 2 aromatic carbocycles. The average Bonchev–Trinajstić information content (AvgIpc) is 2.94. The Morgan fingerprint density at radius 1 is 0.911 bits per heavy atom. The molecule has 1 aromatic heterocycles. The minimum absolute atomic E-state index is 0.00622. The third kappa shape index (κ3) is 7.58. The van der Waals surface area contributed by atoms with Gasteiger partial charge in [0.25, 0.3) is 15.9 Å². The van der Waals surface area contributed by atoms with Crippen LogP contribution in [-0.2, 0) is 16.4 Å². The highest BCUT2D eigenvalue weighted by Crippen LogP contribution is 2.38.